The van der Waals surface area contributed by atoms with Crippen LogP contribution in [0.1, 0.15) is 5.82 Å². The normalized spacial score (nSPS) is 10.6. The van der Waals surface area contributed by atoms with Crippen LogP contribution in [0.3, 0.4) is 0 Å². The summed E-state index contributed by atoms with van der Waals surface area (Å²) in [6.45, 7) is 1.86. The van der Waals surface area contributed by atoms with Crippen LogP contribution in [0.25, 0.3) is 11.0 Å². The Balaban J connectivity index is 1.86. The zero-order chi connectivity index (χ0) is 18.0. The van der Waals surface area contributed by atoms with Gasteiger partial charge < -0.3 is 14.6 Å². The fourth-order valence-corrected chi connectivity index (χ4v) is 2.64. The lowest BCUT2D eigenvalue weighted by Crippen LogP contribution is -2.20. The summed E-state index contributed by atoms with van der Waals surface area (Å²) in [5.41, 5.74) is 1.78. The van der Waals surface area contributed by atoms with E-state index in [1.807, 2.05) is 31.2 Å². The second kappa shape index (κ2) is 6.60. The van der Waals surface area contributed by atoms with Gasteiger partial charge in [0.2, 0.25) is 5.91 Å². The highest BCUT2D eigenvalue weighted by molar-refractivity contribution is 5.93. The summed E-state index contributed by atoms with van der Waals surface area (Å²) in [6, 6.07) is 11.6. The number of carbonyl (C=O) groups is 1. The molecule has 1 N–H and O–H groups in total. The van der Waals surface area contributed by atoms with Crippen LogP contribution in [-0.4, -0.2) is 27.5 Å². The number of rotatable bonds is 5. The molecule has 1 heterocycles. The highest BCUT2D eigenvalue weighted by Crippen LogP contribution is 2.29. The zero-order valence-corrected chi connectivity index (χ0v) is 13.7. The van der Waals surface area contributed by atoms with Crippen molar-refractivity contribution in [2.75, 3.05) is 12.4 Å². The number of benzene rings is 2. The molecule has 0 bridgehead atoms. The van der Waals surface area contributed by atoms with Crippen LogP contribution in [0.15, 0.2) is 42.5 Å². The summed E-state index contributed by atoms with van der Waals surface area (Å²) >= 11 is 0. The van der Waals surface area contributed by atoms with E-state index in [1.54, 1.807) is 4.57 Å². The Labute approximate surface area is 143 Å². The van der Waals surface area contributed by atoms with Crippen molar-refractivity contribution >= 4 is 28.3 Å². The molecule has 0 saturated carbocycles. The molecule has 128 valence electrons. The first-order chi connectivity index (χ1) is 12.0. The lowest BCUT2D eigenvalue weighted by Gasteiger charge is -2.11. The molecule has 8 nitrogen and oxygen atoms in total. The van der Waals surface area contributed by atoms with E-state index in [1.165, 1.54) is 25.3 Å². The Hall–Kier alpha value is -3.42. The summed E-state index contributed by atoms with van der Waals surface area (Å²) < 4.78 is 6.94. The maximum Gasteiger partial charge on any atom is 0.271 e. The number of nitrogens with zero attached hydrogens (tertiary/aromatic N) is 3. The predicted octanol–water partition coefficient (Wildman–Crippen LogP) is 2.90. The molecule has 0 aliphatic rings. The van der Waals surface area contributed by atoms with Gasteiger partial charge in [-0.2, -0.15) is 0 Å². The number of anilines is 1. The molecule has 0 spiro atoms. The topological polar surface area (TPSA) is 99.3 Å². The number of methoxy groups -OCH3 is 1. The molecule has 0 aliphatic heterocycles. The van der Waals surface area contributed by atoms with Crippen LogP contribution in [0, 0.1) is 17.0 Å². The summed E-state index contributed by atoms with van der Waals surface area (Å²) in [5, 5.41) is 13.6. The van der Waals surface area contributed by atoms with Gasteiger partial charge >= 0.3 is 0 Å². The van der Waals surface area contributed by atoms with Crippen molar-refractivity contribution in [3.63, 3.8) is 0 Å². The van der Waals surface area contributed by atoms with Crippen molar-refractivity contribution in [3.8, 4) is 5.75 Å². The SMILES string of the molecule is COc1ccc([N+](=O)[O-])cc1NC(=O)Cn1c(C)nc2ccccc21. The van der Waals surface area contributed by atoms with Gasteiger partial charge in [-0.3, -0.25) is 14.9 Å². The predicted molar refractivity (Wildman–Crippen MR) is 92.7 cm³/mol. The molecule has 0 aliphatic carbocycles. The molecule has 1 amide bonds. The first-order valence-corrected chi connectivity index (χ1v) is 7.53. The van der Waals surface area contributed by atoms with Gasteiger partial charge in [-0.15, -0.1) is 0 Å². The van der Waals surface area contributed by atoms with Crippen molar-refractivity contribution in [2.45, 2.75) is 13.5 Å². The first-order valence-electron chi connectivity index (χ1n) is 7.53. The minimum atomic E-state index is -0.525. The lowest BCUT2D eigenvalue weighted by atomic mass is 10.2. The number of aryl methyl sites for hydroxylation is 1. The standard InChI is InChI=1S/C17H16N4O4/c1-11-18-13-5-3-4-6-15(13)20(11)10-17(22)19-14-9-12(21(23)24)7-8-16(14)25-2/h3-9H,10H2,1-2H3,(H,19,22). The summed E-state index contributed by atoms with van der Waals surface area (Å²) in [7, 11) is 1.43. The first kappa shape index (κ1) is 16.4. The van der Waals surface area contributed by atoms with Crippen molar-refractivity contribution in [3.05, 3.63) is 58.4 Å². The van der Waals surface area contributed by atoms with Crippen LogP contribution in [0.5, 0.6) is 5.75 Å². The maximum atomic E-state index is 12.4. The Morgan fingerprint density at radius 3 is 2.80 bits per heavy atom. The van der Waals surface area contributed by atoms with E-state index in [4.69, 9.17) is 4.74 Å². The summed E-state index contributed by atoms with van der Waals surface area (Å²) in [6.07, 6.45) is 0. The number of hydrogen-bond acceptors (Lipinski definition) is 5. The Kier molecular flexibility index (Phi) is 4.34. The van der Waals surface area contributed by atoms with Crippen LogP contribution >= 0.6 is 0 Å². The average molecular weight is 340 g/mol. The summed E-state index contributed by atoms with van der Waals surface area (Å²) in [5.74, 6) is 0.735. The number of nitro benzene ring substituents is 1. The van der Waals surface area contributed by atoms with Crippen LogP contribution in [0.2, 0.25) is 0 Å². The molecule has 0 fully saturated rings. The van der Waals surface area contributed by atoms with Crippen LogP contribution in [0.4, 0.5) is 11.4 Å². The second-order valence-electron chi connectivity index (χ2n) is 5.42. The number of aromatic nitrogens is 2. The van der Waals surface area contributed by atoms with E-state index in [9.17, 15) is 14.9 Å². The minimum absolute atomic E-state index is 0.0399. The lowest BCUT2D eigenvalue weighted by molar-refractivity contribution is -0.384. The number of nitro groups is 1. The highest BCUT2D eigenvalue weighted by atomic mass is 16.6. The van der Waals surface area contributed by atoms with Gasteiger partial charge in [-0.05, 0) is 25.1 Å². The van der Waals surface area contributed by atoms with E-state index in [0.29, 0.717) is 11.6 Å². The zero-order valence-electron chi connectivity index (χ0n) is 13.7. The number of nitrogens with one attached hydrogen (secondary N) is 1. The van der Waals surface area contributed by atoms with Gasteiger partial charge in [0.1, 0.15) is 18.1 Å². The van der Waals surface area contributed by atoms with E-state index in [-0.39, 0.29) is 23.8 Å². The molecule has 8 heteroatoms. The van der Waals surface area contributed by atoms with Crippen molar-refractivity contribution < 1.29 is 14.5 Å². The third-order valence-electron chi connectivity index (χ3n) is 3.82. The average Bonchev–Trinajstić information content (AvgIpc) is 2.90. The van der Waals surface area contributed by atoms with Gasteiger partial charge in [0.15, 0.2) is 0 Å². The third-order valence-corrected chi connectivity index (χ3v) is 3.82. The fourth-order valence-electron chi connectivity index (χ4n) is 2.64. The third kappa shape index (κ3) is 3.27. The fraction of sp³-hybridized carbons (Fsp3) is 0.176. The largest absolute Gasteiger partial charge is 0.495 e. The molecular weight excluding hydrogens is 324 g/mol. The van der Waals surface area contributed by atoms with Gasteiger partial charge in [-0.1, -0.05) is 12.1 Å². The van der Waals surface area contributed by atoms with E-state index >= 15 is 0 Å². The molecule has 0 radical (unpaired) electrons. The second-order valence-corrected chi connectivity index (χ2v) is 5.42. The van der Waals surface area contributed by atoms with Crippen molar-refractivity contribution in [1.29, 1.82) is 0 Å². The number of hydrogen-bond donors (Lipinski definition) is 1. The van der Waals surface area contributed by atoms with Gasteiger partial charge in [0.25, 0.3) is 5.69 Å². The Bertz CT molecular complexity index is 964. The number of imidazole rings is 1. The molecule has 1 aromatic heterocycles. The molecule has 2 aromatic carbocycles. The number of amides is 1. The molecule has 0 atom stereocenters. The van der Waals surface area contributed by atoms with Crippen molar-refractivity contribution in [2.24, 2.45) is 0 Å². The van der Waals surface area contributed by atoms with Crippen LogP contribution < -0.4 is 10.1 Å². The highest BCUT2D eigenvalue weighted by Gasteiger charge is 2.15. The quantitative estimate of drug-likeness (QED) is 0.569. The maximum absolute atomic E-state index is 12.4. The Morgan fingerprint density at radius 2 is 2.08 bits per heavy atom. The Morgan fingerprint density at radius 1 is 1.32 bits per heavy atom. The molecule has 0 unspecified atom stereocenters. The molecule has 3 aromatic rings. The molecule has 3 rings (SSSR count). The minimum Gasteiger partial charge on any atom is -0.495 e. The molecule has 25 heavy (non-hydrogen) atoms. The van der Waals surface area contributed by atoms with Crippen LogP contribution in [-0.2, 0) is 11.3 Å². The van der Waals surface area contributed by atoms with Gasteiger partial charge in [0, 0.05) is 12.1 Å². The number of para-hydroxylation sites is 2. The molecular formula is C17H16N4O4. The van der Waals surface area contributed by atoms with Crippen molar-refractivity contribution in [1.82, 2.24) is 9.55 Å². The number of fused-ring (bicyclic) bond motifs is 1. The molecule has 0 saturated heterocycles. The number of carbonyl (C=O) groups excluding carboxylic acids is 1. The smallest absolute Gasteiger partial charge is 0.271 e. The number of ether oxygens (including phenoxy) is 1. The van der Waals surface area contributed by atoms with Gasteiger partial charge in [-0.25, -0.2) is 4.98 Å². The monoisotopic (exact) mass is 340 g/mol. The van der Waals surface area contributed by atoms with E-state index in [0.717, 1.165) is 11.0 Å². The van der Waals surface area contributed by atoms with Gasteiger partial charge in [0.05, 0.1) is 28.8 Å². The van der Waals surface area contributed by atoms with E-state index < -0.39 is 4.92 Å². The summed E-state index contributed by atoms with van der Waals surface area (Å²) in [4.78, 5) is 27.3. The van der Waals surface area contributed by atoms with E-state index in [2.05, 4.69) is 10.3 Å². The number of non-ortho nitro benzene ring substituents is 1.